The van der Waals surface area contributed by atoms with E-state index in [0.717, 1.165) is 47.8 Å². The van der Waals surface area contributed by atoms with Crippen molar-refractivity contribution in [1.29, 1.82) is 0 Å². The summed E-state index contributed by atoms with van der Waals surface area (Å²) in [5.74, 6) is 0.674. The molecule has 1 saturated carbocycles. The van der Waals surface area contributed by atoms with E-state index < -0.39 is 0 Å². The number of oxazole rings is 1. The maximum atomic E-state index is 13.3. The zero-order valence-corrected chi connectivity index (χ0v) is 19.8. The van der Waals surface area contributed by atoms with E-state index >= 15 is 0 Å². The first kappa shape index (κ1) is 22.9. The van der Waals surface area contributed by atoms with Crippen molar-refractivity contribution in [3.63, 3.8) is 0 Å². The van der Waals surface area contributed by atoms with Gasteiger partial charge in [0.25, 0.3) is 5.91 Å². The number of fused-ring (bicyclic) bond motifs is 1. The Kier molecular flexibility index (Phi) is 6.66. The molecular formula is C28H29N3O4. The number of methoxy groups -OCH3 is 1. The highest BCUT2D eigenvalue weighted by atomic mass is 16.5. The number of nitrogens with one attached hydrogen (secondary N) is 1. The van der Waals surface area contributed by atoms with Gasteiger partial charge in [0, 0.05) is 23.0 Å². The molecule has 0 spiro atoms. The largest absolute Gasteiger partial charge is 0.469 e. The summed E-state index contributed by atoms with van der Waals surface area (Å²) in [4.78, 5) is 29.7. The average molecular weight is 472 g/mol. The lowest BCUT2D eigenvalue weighted by molar-refractivity contribution is -0.146. The summed E-state index contributed by atoms with van der Waals surface area (Å²) in [5, 5.41) is 4.13. The molecular weight excluding hydrogens is 442 g/mol. The van der Waals surface area contributed by atoms with Gasteiger partial charge in [-0.2, -0.15) is 0 Å². The van der Waals surface area contributed by atoms with E-state index in [1.807, 2.05) is 65.2 Å². The molecule has 7 nitrogen and oxygen atoms in total. The maximum absolute atomic E-state index is 13.3. The molecule has 0 saturated heterocycles. The minimum absolute atomic E-state index is 0.0160. The van der Waals surface area contributed by atoms with Gasteiger partial charge in [0.2, 0.25) is 5.89 Å². The summed E-state index contributed by atoms with van der Waals surface area (Å²) in [7, 11) is 1.44. The van der Waals surface area contributed by atoms with Gasteiger partial charge in [0.1, 0.15) is 12.0 Å². The predicted molar refractivity (Wildman–Crippen MR) is 133 cm³/mol. The quantitative estimate of drug-likeness (QED) is 0.381. The lowest BCUT2D eigenvalue weighted by Gasteiger charge is -2.27. The molecule has 0 unspecified atom stereocenters. The number of carbonyl (C=O) groups is 2. The molecule has 1 N–H and O–H groups in total. The molecule has 2 heterocycles. The summed E-state index contributed by atoms with van der Waals surface area (Å²) < 4.78 is 12.6. The molecule has 1 aliphatic carbocycles. The standard InChI is InChI=1S/C28H29N3O4/c1-34-28(33)21-13-11-19(12-14-21)16-29-26(32)25-15-22-9-5-6-10-24(22)31(25)17-23-18-35-27(30-23)20-7-3-2-4-8-20/h2-10,15,18-19,21H,11-14,16-17H2,1H3,(H,29,32)/t19-,21-. The predicted octanol–water partition coefficient (Wildman–Crippen LogP) is 5.05. The maximum Gasteiger partial charge on any atom is 0.308 e. The van der Waals surface area contributed by atoms with E-state index in [1.165, 1.54) is 7.11 Å². The number of hydrogen-bond acceptors (Lipinski definition) is 5. The molecule has 1 amide bonds. The van der Waals surface area contributed by atoms with Crippen LogP contribution >= 0.6 is 0 Å². The highest BCUT2D eigenvalue weighted by molar-refractivity contribution is 5.98. The van der Waals surface area contributed by atoms with Gasteiger partial charge in [-0.05, 0) is 55.9 Å². The van der Waals surface area contributed by atoms with E-state index in [1.54, 1.807) is 6.26 Å². The number of ether oxygens (including phenoxy) is 1. The molecule has 0 radical (unpaired) electrons. The van der Waals surface area contributed by atoms with Gasteiger partial charge in [-0.3, -0.25) is 9.59 Å². The van der Waals surface area contributed by atoms with E-state index in [0.29, 0.717) is 30.6 Å². The second-order valence-corrected chi connectivity index (χ2v) is 9.14. The number of hydrogen-bond donors (Lipinski definition) is 1. The van der Waals surface area contributed by atoms with Crippen LogP contribution in [0.15, 0.2) is 71.3 Å². The number of carbonyl (C=O) groups excluding carboxylic acids is 2. The Morgan fingerprint density at radius 3 is 2.57 bits per heavy atom. The third kappa shape index (κ3) is 4.99. The van der Waals surface area contributed by atoms with Crippen LogP contribution in [0, 0.1) is 11.8 Å². The Morgan fingerprint density at radius 2 is 1.80 bits per heavy atom. The fourth-order valence-corrected chi connectivity index (χ4v) is 4.92. The minimum atomic E-state index is -0.125. The average Bonchev–Trinajstić information content (AvgIpc) is 3.53. The monoisotopic (exact) mass is 471 g/mol. The van der Waals surface area contributed by atoms with Crippen molar-refractivity contribution in [3.05, 3.63) is 78.3 Å². The molecule has 4 aromatic rings. The fourth-order valence-electron chi connectivity index (χ4n) is 4.92. The van der Waals surface area contributed by atoms with E-state index in [4.69, 9.17) is 9.15 Å². The third-order valence-electron chi connectivity index (χ3n) is 6.87. The van der Waals surface area contributed by atoms with Gasteiger partial charge in [-0.1, -0.05) is 36.4 Å². The van der Waals surface area contributed by atoms with Crippen LogP contribution in [0.2, 0.25) is 0 Å². The number of nitrogens with zero attached hydrogens (tertiary/aromatic N) is 2. The van der Waals surface area contributed by atoms with Gasteiger partial charge in [-0.25, -0.2) is 4.98 Å². The molecule has 5 rings (SSSR count). The topological polar surface area (TPSA) is 86.4 Å². The molecule has 0 atom stereocenters. The Labute approximate surface area is 204 Å². The summed E-state index contributed by atoms with van der Waals surface area (Å²) in [5.41, 5.74) is 3.23. The Morgan fingerprint density at radius 1 is 1.06 bits per heavy atom. The molecule has 2 aromatic carbocycles. The van der Waals surface area contributed by atoms with Crippen LogP contribution in [-0.2, 0) is 16.1 Å². The summed E-state index contributed by atoms with van der Waals surface area (Å²) >= 11 is 0. The van der Waals surface area contributed by atoms with Crippen molar-refractivity contribution in [2.45, 2.75) is 32.2 Å². The Hall–Kier alpha value is -3.87. The fraction of sp³-hybridized carbons (Fsp3) is 0.321. The van der Waals surface area contributed by atoms with Gasteiger partial charge in [-0.15, -0.1) is 0 Å². The van der Waals surface area contributed by atoms with E-state index in [9.17, 15) is 9.59 Å². The number of amides is 1. The highest BCUT2D eigenvalue weighted by Crippen LogP contribution is 2.29. The van der Waals surface area contributed by atoms with Gasteiger partial charge < -0.3 is 19.0 Å². The zero-order chi connectivity index (χ0) is 24.2. The molecule has 1 aliphatic rings. The summed E-state index contributed by atoms with van der Waals surface area (Å²) in [6, 6.07) is 19.7. The van der Waals surface area contributed by atoms with Crippen LogP contribution in [0.25, 0.3) is 22.4 Å². The number of rotatable bonds is 7. The van der Waals surface area contributed by atoms with Crippen LogP contribution in [0.4, 0.5) is 0 Å². The van der Waals surface area contributed by atoms with Crippen LogP contribution < -0.4 is 5.32 Å². The van der Waals surface area contributed by atoms with Crippen molar-refractivity contribution < 1.29 is 18.7 Å². The Bertz CT molecular complexity index is 1320. The van der Waals surface area contributed by atoms with Crippen molar-refractivity contribution in [2.75, 3.05) is 13.7 Å². The Balaban J connectivity index is 1.30. The first-order valence-corrected chi connectivity index (χ1v) is 12.1. The number of esters is 1. The van der Waals surface area contributed by atoms with Gasteiger partial charge >= 0.3 is 5.97 Å². The zero-order valence-electron chi connectivity index (χ0n) is 19.8. The first-order valence-electron chi connectivity index (χ1n) is 12.1. The molecule has 35 heavy (non-hydrogen) atoms. The van der Waals surface area contributed by atoms with Gasteiger partial charge in [0.05, 0.1) is 25.3 Å². The van der Waals surface area contributed by atoms with Crippen LogP contribution in [0.3, 0.4) is 0 Å². The first-order chi connectivity index (χ1) is 17.1. The van der Waals surface area contributed by atoms with Crippen molar-refractivity contribution in [3.8, 4) is 11.5 Å². The SMILES string of the molecule is COC(=O)[C@H]1CC[C@H](CNC(=O)c2cc3ccccc3n2Cc2coc(-c3ccccc3)n2)CC1. The summed E-state index contributed by atoms with van der Waals surface area (Å²) in [6.45, 7) is 1.02. The van der Waals surface area contributed by atoms with Crippen molar-refractivity contribution in [2.24, 2.45) is 11.8 Å². The molecule has 180 valence electrons. The molecule has 0 bridgehead atoms. The van der Waals surface area contributed by atoms with Gasteiger partial charge in [0.15, 0.2) is 0 Å². The lowest BCUT2D eigenvalue weighted by atomic mass is 9.82. The van der Waals surface area contributed by atoms with Crippen molar-refractivity contribution >= 4 is 22.8 Å². The summed E-state index contributed by atoms with van der Waals surface area (Å²) in [6.07, 6.45) is 5.08. The molecule has 7 heteroatoms. The van der Waals surface area contributed by atoms with E-state index in [2.05, 4.69) is 10.3 Å². The molecule has 0 aliphatic heterocycles. The smallest absolute Gasteiger partial charge is 0.308 e. The van der Waals surface area contributed by atoms with E-state index in [-0.39, 0.29) is 17.8 Å². The third-order valence-corrected chi connectivity index (χ3v) is 6.87. The second kappa shape index (κ2) is 10.2. The normalized spacial score (nSPS) is 17.9. The van der Waals surface area contributed by atoms with Crippen LogP contribution in [0.1, 0.15) is 41.9 Å². The van der Waals surface area contributed by atoms with Crippen molar-refractivity contribution in [1.82, 2.24) is 14.9 Å². The molecule has 1 fully saturated rings. The number of aromatic nitrogens is 2. The minimum Gasteiger partial charge on any atom is -0.469 e. The van der Waals surface area contributed by atoms with Crippen LogP contribution in [-0.4, -0.2) is 35.1 Å². The highest BCUT2D eigenvalue weighted by Gasteiger charge is 2.27. The van der Waals surface area contributed by atoms with Crippen LogP contribution in [0.5, 0.6) is 0 Å². The number of benzene rings is 2. The lowest BCUT2D eigenvalue weighted by Crippen LogP contribution is -2.33. The second-order valence-electron chi connectivity index (χ2n) is 9.14. The molecule has 2 aromatic heterocycles. The number of para-hydroxylation sites is 1.